The molecule has 96 valence electrons. The van der Waals surface area contributed by atoms with Gasteiger partial charge < -0.3 is 9.84 Å². The van der Waals surface area contributed by atoms with Crippen molar-refractivity contribution in [2.75, 3.05) is 0 Å². The number of pyridine rings is 1. The molecule has 5 rings (SSSR count). The van der Waals surface area contributed by atoms with E-state index in [1.807, 2.05) is 20.8 Å². The van der Waals surface area contributed by atoms with Crippen LogP contribution in [0.15, 0.2) is 12.1 Å². The van der Waals surface area contributed by atoms with Crippen LogP contribution in [0.5, 0.6) is 5.75 Å². The fourth-order valence-electron chi connectivity index (χ4n) is 1.61. The minimum atomic E-state index is -0.318. The maximum Gasteiger partial charge on any atom is 0.293 e. The van der Waals surface area contributed by atoms with Gasteiger partial charge >= 0.3 is 0 Å². The maximum atomic E-state index is 9.60. The number of rotatable bonds is 1. The predicted octanol–water partition coefficient (Wildman–Crippen LogP) is 2.68. The summed E-state index contributed by atoms with van der Waals surface area (Å²) >= 11 is 5.75. The summed E-state index contributed by atoms with van der Waals surface area (Å²) in [6, 6.07) is 3.31. The molecule has 4 heterocycles. The summed E-state index contributed by atoms with van der Waals surface area (Å²) in [6.07, 6.45) is 0. The highest BCUT2D eigenvalue weighted by atomic mass is 35.5. The van der Waals surface area contributed by atoms with Crippen molar-refractivity contribution >= 4 is 34.5 Å². The van der Waals surface area contributed by atoms with Gasteiger partial charge in [0.15, 0.2) is 5.15 Å². The van der Waals surface area contributed by atoms with Crippen molar-refractivity contribution in [3.05, 3.63) is 17.3 Å². The van der Waals surface area contributed by atoms with Gasteiger partial charge in [0.2, 0.25) is 0 Å². The van der Waals surface area contributed by atoms with Crippen LogP contribution in [0.4, 0.5) is 0 Å². The number of phenols is 1. The van der Waals surface area contributed by atoms with Gasteiger partial charge in [0.25, 0.3) is 6.47 Å². The van der Waals surface area contributed by atoms with E-state index in [9.17, 15) is 4.79 Å². The number of aromatic nitrogens is 2. The van der Waals surface area contributed by atoms with E-state index in [1.165, 1.54) is 0 Å². The third-order valence-electron chi connectivity index (χ3n) is 2.33. The lowest BCUT2D eigenvalue weighted by molar-refractivity contribution is -0.138. The summed E-state index contributed by atoms with van der Waals surface area (Å²) in [5, 5.41) is 14.6. The Labute approximate surface area is 109 Å². The summed E-state index contributed by atoms with van der Waals surface area (Å²) < 4.78 is 6.27. The number of hydrogen-bond acceptors (Lipinski definition) is 4. The minimum Gasteiger partial charge on any atom is -0.508 e. The van der Waals surface area contributed by atoms with E-state index >= 15 is 0 Å². The second-order valence-corrected chi connectivity index (χ2v) is 5.25. The Balaban J connectivity index is 0.000000152. The summed E-state index contributed by atoms with van der Waals surface area (Å²) in [5.74, 6) is 0.275. The number of phenolic OH excluding ortho intramolecular Hbond substituents is 1. The molecule has 1 N–H and O–H groups in total. The molecule has 0 saturated heterocycles. The zero-order chi connectivity index (χ0) is 13.5. The lowest BCUT2D eigenvalue weighted by Gasteiger charge is -2.14. The summed E-state index contributed by atoms with van der Waals surface area (Å²) in [6.45, 7) is 5.92. The van der Waals surface area contributed by atoms with E-state index in [0.717, 1.165) is 16.4 Å². The molecule has 0 spiro atoms. The molecule has 0 radical (unpaired) electrons. The number of ether oxygens (including phenoxy) is 1. The van der Waals surface area contributed by atoms with Crippen LogP contribution in [-0.2, 0) is 9.53 Å². The molecule has 0 aliphatic rings. The van der Waals surface area contributed by atoms with Gasteiger partial charge in [-0.2, -0.15) is 5.10 Å². The van der Waals surface area contributed by atoms with E-state index in [2.05, 4.69) is 9.84 Å². The van der Waals surface area contributed by atoms with Crippen LogP contribution in [0.1, 0.15) is 20.8 Å². The lowest BCUT2D eigenvalue weighted by Crippen LogP contribution is -2.17. The van der Waals surface area contributed by atoms with Gasteiger partial charge in [-0.3, -0.25) is 4.79 Å². The largest absolute Gasteiger partial charge is 0.508 e. The number of nitrogens with zero attached hydrogens (tertiary/aromatic N) is 2. The number of halogens is 1. The molecular weight excluding hydrogens is 256 g/mol. The quantitative estimate of drug-likeness (QED) is 0.689. The van der Waals surface area contributed by atoms with E-state index in [1.54, 1.807) is 16.6 Å². The van der Waals surface area contributed by atoms with E-state index < -0.39 is 0 Å². The molecule has 6 heteroatoms. The van der Waals surface area contributed by atoms with Gasteiger partial charge in [-0.25, -0.2) is 4.52 Å². The maximum absolute atomic E-state index is 9.60. The highest BCUT2D eigenvalue weighted by Crippen LogP contribution is 2.37. The van der Waals surface area contributed by atoms with Gasteiger partial charge in [0.05, 0.1) is 16.4 Å². The third kappa shape index (κ3) is 2.13. The lowest BCUT2D eigenvalue weighted by atomic mass is 10.2. The molecular formula is C12H13ClN2O3. The van der Waals surface area contributed by atoms with Crippen molar-refractivity contribution in [3.8, 4) is 5.75 Å². The molecule has 0 atom stereocenters. The van der Waals surface area contributed by atoms with Gasteiger partial charge in [-0.1, -0.05) is 11.6 Å². The van der Waals surface area contributed by atoms with Crippen LogP contribution < -0.4 is 0 Å². The monoisotopic (exact) mass is 268 g/mol. The molecule has 1 aromatic carbocycles. The van der Waals surface area contributed by atoms with Crippen molar-refractivity contribution in [2.45, 2.75) is 26.4 Å². The van der Waals surface area contributed by atoms with Crippen molar-refractivity contribution < 1.29 is 14.6 Å². The van der Waals surface area contributed by atoms with E-state index in [4.69, 9.17) is 16.7 Å². The molecule has 5 nitrogen and oxygen atoms in total. The first-order valence-corrected chi connectivity index (χ1v) is 5.74. The summed E-state index contributed by atoms with van der Waals surface area (Å²) in [4.78, 5) is 9.60. The highest BCUT2D eigenvalue weighted by Gasteiger charge is 2.20. The number of carbonyl (C=O) groups excluding carboxylic acids is 1. The normalized spacial score (nSPS) is 11.8. The average Bonchev–Trinajstić information content (AvgIpc) is 2.72. The number of carbonyl (C=O) groups is 1. The van der Waals surface area contributed by atoms with E-state index in [0.29, 0.717) is 11.6 Å². The first kappa shape index (κ1) is 12.7. The highest BCUT2D eigenvalue weighted by molar-refractivity contribution is 6.37. The van der Waals surface area contributed by atoms with Crippen LogP contribution in [0.2, 0.25) is 5.15 Å². The molecule has 0 aliphatic heterocycles. The van der Waals surface area contributed by atoms with Gasteiger partial charge in [0.1, 0.15) is 11.4 Å². The zero-order valence-electron chi connectivity index (χ0n) is 10.3. The Morgan fingerprint density at radius 1 is 1.39 bits per heavy atom. The molecule has 0 fully saturated rings. The topological polar surface area (TPSA) is 63.8 Å². The predicted molar refractivity (Wildman–Crippen MR) is 68.6 cm³/mol. The molecule has 0 saturated carbocycles. The van der Waals surface area contributed by atoms with Crippen molar-refractivity contribution in [1.29, 1.82) is 0 Å². The van der Waals surface area contributed by atoms with E-state index in [-0.39, 0.29) is 11.4 Å². The van der Waals surface area contributed by atoms with Crippen molar-refractivity contribution in [3.63, 3.8) is 0 Å². The van der Waals surface area contributed by atoms with Crippen LogP contribution in [0.3, 0.4) is 0 Å². The molecule has 0 amide bonds. The molecule has 4 bridgehead atoms. The Kier molecular flexibility index (Phi) is 2.94. The molecule has 0 unspecified atom stereocenters. The third-order valence-corrected chi connectivity index (χ3v) is 2.60. The van der Waals surface area contributed by atoms with Gasteiger partial charge in [-0.15, -0.1) is 0 Å². The summed E-state index contributed by atoms with van der Waals surface area (Å²) in [5.41, 5.74) is 1.50. The van der Waals surface area contributed by atoms with Crippen LogP contribution in [-0.4, -0.2) is 26.8 Å². The van der Waals surface area contributed by atoms with Crippen molar-refractivity contribution in [1.82, 2.24) is 9.61 Å². The van der Waals surface area contributed by atoms with Gasteiger partial charge in [0, 0.05) is 12.1 Å². The number of fused-ring (bicyclic) bond motifs is 3. The van der Waals surface area contributed by atoms with Crippen LogP contribution in [0.25, 0.3) is 16.4 Å². The Morgan fingerprint density at radius 3 is 2.22 bits per heavy atom. The fraction of sp³-hybridized carbons (Fsp3) is 0.333. The number of hydrogen-bond donors (Lipinski definition) is 1. The first-order chi connectivity index (χ1) is 8.33. The molecule has 4 aromatic heterocycles. The Bertz CT molecular complexity index is 623. The SMILES string of the molecule is CC(C)(C)OC=O.Oc1cc2c3c(Cl)nn2c3c1. The Morgan fingerprint density at radius 2 is 1.94 bits per heavy atom. The second kappa shape index (κ2) is 4.17. The van der Waals surface area contributed by atoms with Crippen LogP contribution >= 0.6 is 11.6 Å². The number of benzene rings is 1. The summed E-state index contributed by atoms with van der Waals surface area (Å²) in [7, 11) is 0. The van der Waals surface area contributed by atoms with Crippen LogP contribution in [0, 0.1) is 0 Å². The molecule has 18 heavy (non-hydrogen) atoms. The van der Waals surface area contributed by atoms with Crippen molar-refractivity contribution in [2.24, 2.45) is 0 Å². The number of aromatic hydroxyl groups is 1. The van der Waals surface area contributed by atoms with Gasteiger partial charge in [-0.05, 0) is 20.8 Å². The molecule has 5 aromatic rings. The second-order valence-electron chi connectivity index (χ2n) is 4.89. The minimum absolute atomic E-state index is 0.275. The fourth-order valence-corrected chi connectivity index (χ4v) is 1.88. The standard InChI is InChI=1S/C7H3ClN2O.C5H10O2/c8-7-6-4-1-3(11)2-5(6)10(4)9-7;1-5(2,3)7-4-6/h1-2,11H;4H,1-3H3. The first-order valence-electron chi connectivity index (χ1n) is 5.36. The zero-order valence-corrected chi connectivity index (χ0v) is 11.0. The smallest absolute Gasteiger partial charge is 0.293 e. The molecule has 0 aliphatic carbocycles. The average molecular weight is 269 g/mol. The Hall–Kier alpha value is -1.75.